The van der Waals surface area contributed by atoms with Crippen molar-refractivity contribution in [3.05, 3.63) is 48.7 Å². The molecule has 17 heteroatoms. The summed E-state index contributed by atoms with van der Waals surface area (Å²) < 4.78 is 79.2. The van der Waals surface area contributed by atoms with Gasteiger partial charge in [0.1, 0.15) is 35.1 Å². The molecule has 1 saturated heterocycles. The van der Waals surface area contributed by atoms with Gasteiger partial charge in [0.15, 0.2) is 0 Å². The normalized spacial score (nSPS) is 24.1. The van der Waals surface area contributed by atoms with Gasteiger partial charge >= 0.3 is 12.3 Å². The van der Waals surface area contributed by atoms with E-state index in [1.54, 1.807) is 41.5 Å². The molecule has 2 heterocycles. The summed E-state index contributed by atoms with van der Waals surface area (Å²) in [6.45, 7) is 13.6. The van der Waals surface area contributed by atoms with Gasteiger partial charge in [0.05, 0.1) is 22.9 Å². The Balaban J connectivity index is 1.45. The van der Waals surface area contributed by atoms with E-state index in [1.165, 1.54) is 29.3 Å². The number of hydrogen-bond donors (Lipinski definition) is 3. The number of pyridine rings is 1. The maximum atomic E-state index is 14.4. The fraction of sp³-hybridized carbons (Fsp3) is 0.571. The first-order valence-corrected chi connectivity index (χ1v) is 18.4. The highest BCUT2D eigenvalue weighted by Crippen LogP contribution is 2.46. The zero-order valence-electron chi connectivity index (χ0n) is 29.8. The van der Waals surface area contributed by atoms with E-state index in [0.29, 0.717) is 12.8 Å². The fourth-order valence-corrected chi connectivity index (χ4v) is 7.58. The van der Waals surface area contributed by atoms with Gasteiger partial charge < -0.3 is 25.0 Å². The summed E-state index contributed by atoms with van der Waals surface area (Å²) >= 11 is 0. The molecule has 3 aliphatic rings. The number of nitrogens with zero attached hydrogens (tertiary/aromatic N) is 2. The van der Waals surface area contributed by atoms with Crippen molar-refractivity contribution >= 4 is 44.7 Å². The Hall–Kier alpha value is -4.41. The third-order valence-electron chi connectivity index (χ3n) is 9.20. The number of halogens is 3. The summed E-state index contributed by atoms with van der Waals surface area (Å²) in [5, 5.41) is 4.89. The van der Waals surface area contributed by atoms with Gasteiger partial charge in [0.2, 0.25) is 21.8 Å². The van der Waals surface area contributed by atoms with Gasteiger partial charge in [-0.05, 0) is 69.7 Å². The minimum Gasteiger partial charge on any atom is -0.488 e. The Morgan fingerprint density at radius 1 is 1.08 bits per heavy atom. The van der Waals surface area contributed by atoms with E-state index in [2.05, 4.69) is 26.9 Å². The molecule has 2 saturated carbocycles. The smallest absolute Gasteiger partial charge is 0.416 e. The fourth-order valence-electron chi connectivity index (χ4n) is 6.21. The lowest BCUT2D eigenvalue weighted by Crippen LogP contribution is -2.60. The highest BCUT2D eigenvalue weighted by molar-refractivity contribution is 7.91. The van der Waals surface area contributed by atoms with Gasteiger partial charge in [-0.2, -0.15) is 13.2 Å². The molecule has 0 unspecified atom stereocenters. The van der Waals surface area contributed by atoms with E-state index < -0.39 is 91.5 Å². The molecule has 5 atom stereocenters. The van der Waals surface area contributed by atoms with Crippen LogP contribution in [0.25, 0.3) is 10.9 Å². The molecule has 3 N–H and O–H groups in total. The van der Waals surface area contributed by atoms with E-state index in [9.17, 15) is 40.8 Å². The second-order valence-corrected chi connectivity index (χ2v) is 17.6. The third-order valence-corrected chi connectivity index (χ3v) is 11.0. The number of benzene rings is 1. The minimum atomic E-state index is -4.60. The minimum absolute atomic E-state index is 0.0141. The number of alkyl carbamates (subject to hydrolysis) is 1. The molecule has 284 valence electrons. The Morgan fingerprint density at radius 3 is 2.31 bits per heavy atom. The van der Waals surface area contributed by atoms with Crippen LogP contribution in [-0.4, -0.2) is 83.2 Å². The van der Waals surface area contributed by atoms with E-state index in [0.717, 1.165) is 12.1 Å². The number of rotatable bonds is 10. The Kier molecular flexibility index (Phi) is 10.1. The number of carbonyl (C=O) groups is 4. The molecular weight excluding hydrogens is 707 g/mol. The zero-order valence-corrected chi connectivity index (χ0v) is 30.6. The lowest BCUT2D eigenvalue weighted by molar-refractivity contribution is -0.143. The summed E-state index contributed by atoms with van der Waals surface area (Å²) in [5.74, 6) is -2.79. The number of sulfonamides is 1. The van der Waals surface area contributed by atoms with Gasteiger partial charge in [-0.3, -0.25) is 24.1 Å². The van der Waals surface area contributed by atoms with Crippen molar-refractivity contribution in [2.75, 3.05) is 6.54 Å². The number of fused-ring (bicyclic) bond motifs is 1. The van der Waals surface area contributed by atoms with Crippen LogP contribution in [0.5, 0.6) is 5.75 Å². The summed E-state index contributed by atoms with van der Waals surface area (Å²) in [4.78, 5) is 60.1. The van der Waals surface area contributed by atoms with Gasteiger partial charge in [-0.1, -0.05) is 26.8 Å². The monoisotopic (exact) mass is 751 g/mol. The molecular formula is C35H44F3N5O8S. The van der Waals surface area contributed by atoms with Crippen molar-refractivity contribution in [2.24, 2.45) is 11.3 Å². The standard InChI is InChI=1S/C35H44F3N5O8S/c1-8-19-17-34(19,30(46)42-52(48,49)22-10-11-22)41-28(44)25-16-21(50-26-13-14-39-24-15-20(35(36,37)38)9-12-23(24)26)18-43(25)29(45)27(32(2,3)4)40-31(47)51-33(5,6)7/h8-9,12-15,19,21-22,25,27H,1,10-11,16-18H2,2-7H3,(H,40,47)(H,41,44)(H,42,46)/t19-,21-,25-,27-,34+/m1/s1. The zero-order chi connectivity index (χ0) is 38.6. The largest absolute Gasteiger partial charge is 0.488 e. The first-order valence-electron chi connectivity index (χ1n) is 16.9. The van der Waals surface area contributed by atoms with Crippen LogP contribution < -0.4 is 20.1 Å². The third kappa shape index (κ3) is 8.45. The first-order chi connectivity index (χ1) is 23.9. The van der Waals surface area contributed by atoms with Crippen LogP contribution in [0, 0.1) is 11.3 Å². The summed E-state index contributed by atoms with van der Waals surface area (Å²) in [5.41, 5.74) is -4.30. The van der Waals surface area contributed by atoms with Crippen molar-refractivity contribution < 1.29 is 50.2 Å². The molecule has 1 aromatic carbocycles. The van der Waals surface area contributed by atoms with Gasteiger partial charge in [-0.15, -0.1) is 6.58 Å². The van der Waals surface area contributed by atoms with Crippen LogP contribution in [0.2, 0.25) is 0 Å². The van der Waals surface area contributed by atoms with Crippen molar-refractivity contribution in [3.8, 4) is 5.75 Å². The second-order valence-electron chi connectivity index (χ2n) is 15.6. The van der Waals surface area contributed by atoms with Crippen LogP contribution >= 0.6 is 0 Å². The van der Waals surface area contributed by atoms with Crippen molar-refractivity contribution in [1.82, 2.24) is 25.2 Å². The van der Waals surface area contributed by atoms with Gasteiger partial charge in [0, 0.05) is 23.9 Å². The Labute approximate surface area is 300 Å². The maximum Gasteiger partial charge on any atom is 0.416 e. The van der Waals surface area contributed by atoms with Gasteiger partial charge in [-0.25, -0.2) is 13.2 Å². The maximum absolute atomic E-state index is 14.4. The summed E-state index contributed by atoms with van der Waals surface area (Å²) in [6.07, 6.45) is -2.86. The molecule has 2 aromatic rings. The van der Waals surface area contributed by atoms with Crippen LogP contribution in [0.1, 0.15) is 72.8 Å². The molecule has 3 fully saturated rings. The molecule has 5 rings (SSSR count). The number of hydrogen-bond acceptors (Lipinski definition) is 9. The SMILES string of the molecule is C=C[C@@H]1C[C@@]1(NC(=O)[C@H]1C[C@@H](Oc2ccnc3cc(C(F)(F)F)ccc23)CN1C(=O)[C@@H](NC(=O)OC(C)(C)C)C(C)(C)C)C(=O)NS(=O)(=O)C1CC1. The molecule has 1 aromatic heterocycles. The van der Waals surface area contributed by atoms with Crippen molar-refractivity contribution in [1.29, 1.82) is 0 Å². The van der Waals surface area contributed by atoms with Crippen LogP contribution in [0.4, 0.5) is 18.0 Å². The van der Waals surface area contributed by atoms with E-state index in [1.807, 2.05) is 0 Å². The average molecular weight is 752 g/mol. The summed E-state index contributed by atoms with van der Waals surface area (Å²) in [7, 11) is -3.95. The molecule has 0 spiro atoms. The lowest BCUT2D eigenvalue weighted by Gasteiger charge is -2.36. The number of nitrogens with one attached hydrogen (secondary N) is 3. The molecule has 0 radical (unpaired) electrons. The highest BCUT2D eigenvalue weighted by Gasteiger charge is 2.62. The number of carbonyl (C=O) groups excluding carboxylic acids is 4. The van der Waals surface area contributed by atoms with Crippen molar-refractivity contribution in [3.63, 3.8) is 0 Å². The highest BCUT2D eigenvalue weighted by atomic mass is 32.2. The van der Waals surface area contributed by atoms with E-state index >= 15 is 0 Å². The predicted octanol–water partition coefficient (Wildman–Crippen LogP) is 4.21. The molecule has 52 heavy (non-hydrogen) atoms. The molecule has 1 aliphatic heterocycles. The summed E-state index contributed by atoms with van der Waals surface area (Å²) in [6, 6.07) is 1.98. The van der Waals surface area contributed by atoms with Crippen LogP contribution in [0.15, 0.2) is 43.1 Å². The number of alkyl halides is 3. The number of amides is 4. The topological polar surface area (TPSA) is 173 Å². The van der Waals surface area contributed by atoms with E-state index in [-0.39, 0.29) is 36.0 Å². The number of aromatic nitrogens is 1. The number of ether oxygens (including phenoxy) is 2. The molecule has 4 amide bonds. The number of likely N-dealkylation sites (tertiary alicyclic amines) is 1. The van der Waals surface area contributed by atoms with Crippen molar-refractivity contribution in [2.45, 2.75) is 108 Å². The second kappa shape index (κ2) is 13.5. The Morgan fingerprint density at radius 2 is 1.75 bits per heavy atom. The predicted molar refractivity (Wildman–Crippen MR) is 183 cm³/mol. The van der Waals surface area contributed by atoms with Crippen LogP contribution in [0.3, 0.4) is 0 Å². The lowest BCUT2D eigenvalue weighted by atomic mass is 9.85. The quantitative estimate of drug-likeness (QED) is 0.301. The molecule has 2 aliphatic carbocycles. The van der Waals surface area contributed by atoms with Gasteiger partial charge in [0.25, 0.3) is 5.91 Å². The van der Waals surface area contributed by atoms with E-state index in [4.69, 9.17) is 9.47 Å². The first kappa shape index (κ1) is 38.8. The average Bonchev–Trinajstić information content (AvgIpc) is 3.94. The molecule has 0 bridgehead atoms. The Bertz CT molecular complexity index is 1890. The van der Waals surface area contributed by atoms with Crippen LogP contribution in [-0.2, 0) is 35.3 Å². The molecule has 13 nitrogen and oxygen atoms in total.